The van der Waals surface area contributed by atoms with Crippen LogP contribution < -0.4 is 5.32 Å². The first-order valence-electron chi connectivity index (χ1n) is 5.82. The van der Waals surface area contributed by atoms with Crippen molar-refractivity contribution in [1.29, 1.82) is 0 Å². The van der Waals surface area contributed by atoms with E-state index in [4.69, 9.17) is 0 Å². The highest BCUT2D eigenvalue weighted by atomic mass is 16.1. The molecule has 16 heavy (non-hydrogen) atoms. The third kappa shape index (κ3) is 3.02. The average Bonchev–Trinajstić information content (AvgIpc) is 2.74. The van der Waals surface area contributed by atoms with E-state index >= 15 is 0 Å². The second-order valence-electron chi connectivity index (χ2n) is 4.49. The van der Waals surface area contributed by atoms with Crippen molar-refractivity contribution in [2.75, 3.05) is 5.32 Å². The van der Waals surface area contributed by atoms with Gasteiger partial charge in [0.15, 0.2) is 0 Å². The summed E-state index contributed by atoms with van der Waals surface area (Å²) in [7, 11) is 0. The van der Waals surface area contributed by atoms with Crippen LogP contribution in [0.4, 0.5) is 5.95 Å². The Hall–Kier alpha value is -1.45. The quantitative estimate of drug-likeness (QED) is 0.848. The zero-order chi connectivity index (χ0) is 11.4. The highest BCUT2D eigenvalue weighted by Crippen LogP contribution is 2.27. The van der Waals surface area contributed by atoms with Crippen molar-refractivity contribution < 1.29 is 4.79 Å². The van der Waals surface area contributed by atoms with Crippen molar-refractivity contribution in [1.82, 2.24) is 9.97 Å². The molecule has 0 unspecified atom stereocenters. The molecule has 4 nitrogen and oxygen atoms in total. The first-order valence-corrected chi connectivity index (χ1v) is 5.82. The van der Waals surface area contributed by atoms with Crippen LogP contribution in [0.25, 0.3) is 0 Å². The van der Waals surface area contributed by atoms with Crippen LogP contribution >= 0.6 is 0 Å². The zero-order valence-electron chi connectivity index (χ0n) is 9.57. The molecule has 86 valence electrons. The van der Waals surface area contributed by atoms with Gasteiger partial charge in [-0.05, 0) is 31.2 Å². The van der Waals surface area contributed by atoms with Gasteiger partial charge < -0.3 is 0 Å². The Balaban J connectivity index is 1.84. The Morgan fingerprint density at radius 1 is 1.38 bits per heavy atom. The summed E-state index contributed by atoms with van der Waals surface area (Å²) in [6.07, 6.45) is 8.91. The van der Waals surface area contributed by atoms with Gasteiger partial charge in [-0.25, -0.2) is 9.97 Å². The summed E-state index contributed by atoms with van der Waals surface area (Å²) < 4.78 is 0. The number of carbonyl (C=O) groups excluding carboxylic acids is 1. The molecule has 0 atom stereocenters. The van der Waals surface area contributed by atoms with Gasteiger partial charge in [-0.15, -0.1) is 0 Å². The summed E-state index contributed by atoms with van der Waals surface area (Å²) in [4.78, 5) is 19.8. The third-order valence-corrected chi connectivity index (χ3v) is 2.98. The van der Waals surface area contributed by atoms with E-state index in [1.165, 1.54) is 25.7 Å². The van der Waals surface area contributed by atoms with Crippen LogP contribution in [0.2, 0.25) is 0 Å². The molecule has 1 aliphatic rings. The fourth-order valence-corrected chi connectivity index (χ4v) is 2.11. The number of nitrogens with zero attached hydrogens (tertiary/aromatic N) is 2. The Morgan fingerprint density at radius 3 is 2.62 bits per heavy atom. The lowest BCUT2D eigenvalue weighted by molar-refractivity contribution is -0.117. The lowest BCUT2D eigenvalue weighted by atomic mass is 10.0. The Labute approximate surface area is 95.5 Å². The largest absolute Gasteiger partial charge is 0.295 e. The van der Waals surface area contributed by atoms with Gasteiger partial charge >= 0.3 is 0 Å². The second-order valence-corrected chi connectivity index (χ2v) is 4.49. The van der Waals surface area contributed by atoms with E-state index in [0.717, 1.165) is 5.56 Å². The van der Waals surface area contributed by atoms with Crippen molar-refractivity contribution in [3.8, 4) is 0 Å². The smallest absolute Gasteiger partial charge is 0.229 e. The number of rotatable bonds is 3. The van der Waals surface area contributed by atoms with Gasteiger partial charge in [-0.2, -0.15) is 0 Å². The number of nitrogens with one attached hydrogen (secondary N) is 1. The van der Waals surface area contributed by atoms with Crippen molar-refractivity contribution in [3.05, 3.63) is 18.0 Å². The number of aromatic nitrogens is 2. The molecule has 0 aliphatic heterocycles. The molecule has 1 saturated carbocycles. The minimum absolute atomic E-state index is 0.0377. The van der Waals surface area contributed by atoms with Crippen molar-refractivity contribution in [3.63, 3.8) is 0 Å². The molecule has 0 bridgehead atoms. The first-order chi connectivity index (χ1) is 7.74. The second kappa shape index (κ2) is 5.05. The molecule has 0 saturated heterocycles. The van der Waals surface area contributed by atoms with Gasteiger partial charge in [0.1, 0.15) is 0 Å². The van der Waals surface area contributed by atoms with E-state index < -0.39 is 0 Å². The highest BCUT2D eigenvalue weighted by molar-refractivity contribution is 5.89. The normalized spacial score (nSPS) is 16.3. The lowest BCUT2D eigenvalue weighted by Crippen LogP contribution is -2.16. The fraction of sp³-hybridized carbons (Fsp3) is 0.583. The number of hydrogen-bond donors (Lipinski definition) is 1. The molecule has 1 fully saturated rings. The van der Waals surface area contributed by atoms with Crippen molar-refractivity contribution in [2.24, 2.45) is 5.92 Å². The Morgan fingerprint density at radius 2 is 2.00 bits per heavy atom. The Bertz CT molecular complexity index is 355. The first kappa shape index (κ1) is 11.0. The van der Waals surface area contributed by atoms with Crippen LogP contribution in [0, 0.1) is 12.8 Å². The molecule has 1 N–H and O–H groups in total. The van der Waals surface area contributed by atoms with E-state index in [1.807, 2.05) is 6.92 Å². The molecular weight excluding hydrogens is 202 g/mol. The molecule has 0 radical (unpaired) electrons. The van der Waals surface area contributed by atoms with E-state index in [1.54, 1.807) is 12.4 Å². The van der Waals surface area contributed by atoms with Crippen LogP contribution in [-0.2, 0) is 4.79 Å². The number of aryl methyl sites for hydroxylation is 1. The number of anilines is 1. The van der Waals surface area contributed by atoms with Crippen LogP contribution in [0.15, 0.2) is 12.4 Å². The van der Waals surface area contributed by atoms with Crippen LogP contribution in [-0.4, -0.2) is 15.9 Å². The molecule has 0 aromatic carbocycles. The molecule has 1 amide bonds. The van der Waals surface area contributed by atoms with Crippen molar-refractivity contribution >= 4 is 11.9 Å². The van der Waals surface area contributed by atoms with E-state index in [2.05, 4.69) is 15.3 Å². The molecule has 4 heteroatoms. The highest BCUT2D eigenvalue weighted by Gasteiger charge is 2.18. The molecule has 0 spiro atoms. The minimum Gasteiger partial charge on any atom is -0.295 e. The summed E-state index contributed by atoms with van der Waals surface area (Å²) in [5, 5.41) is 2.73. The predicted molar refractivity (Wildman–Crippen MR) is 62.0 cm³/mol. The fourth-order valence-electron chi connectivity index (χ4n) is 2.11. The topological polar surface area (TPSA) is 54.9 Å². The molecular formula is C12H17N3O. The molecule has 2 rings (SSSR count). The van der Waals surface area contributed by atoms with Crippen LogP contribution in [0.1, 0.15) is 37.7 Å². The standard InChI is InChI=1S/C12H17N3O/c1-9-7-13-12(14-8-9)15-11(16)6-10-4-2-3-5-10/h7-8,10H,2-6H2,1H3,(H,13,14,15,16). The third-order valence-electron chi connectivity index (χ3n) is 2.98. The summed E-state index contributed by atoms with van der Waals surface area (Å²) in [5.74, 6) is 1.01. The maximum absolute atomic E-state index is 11.7. The summed E-state index contributed by atoms with van der Waals surface area (Å²) in [6.45, 7) is 1.92. The minimum atomic E-state index is 0.0377. The average molecular weight is 219 g/mol. The molecule has 1 aromatic rings. The molecule has 1 aromatic heterocycles. The summed E-state index contributed by atoms with van der Waals surface area (Å²) >= 11 is 0. The lowest BCUT2D eigenvalue weighted by Gasteiger charge is -2.08. The monoisotopic (exact) mass is 219 g/mol. The maximum Gasteiger partial charge on any atom is 0.229 e. The zero-order valence-corrected chi connectivity index (χ0v) is 9.57. The number of amides is 1. The molecule has 1 aliphatic carbocycles. The maximum atomic E-state index is 11.7. The van der Waals surface area contributed by atoms with Gasteiger partial charge in [-0.3, -0.25) is 10.1 Å². The Kier molecular flexibility index (Phi) is 3.49. The van der Waals surface area contributed by atoms with Gasteiger partial charge in [0.2, 0.25) is 11.9 Å². The van der Waals surface area contributed by atoms with Gasteiger partial charge in [0, 0.05) is 18.8 Å². The molecule has 1 heterocycles. The van der Waals surface area contributed by atoms with Gasteiger partial charge in [-0.1, -0.05) is 12.8 Å². The van der Waals surface area contributed by atoms with Gasteiger partial charge in [0.05, 0.1) is 0 Å². The van der Waals surface area contributed by atoms with Crippen molar-refractivity contribution in [2.45, 2.75) is 39.0 Å². The summed E-state index contributed by atoms with van der Waals surface area (Å²) in [5.41, 5.74) is 0.994. The number of hydrogen-bond acceptors (Lipinski definition) is 3. The van der Waals surface area contributed by atoms with E-state index in [-0.39, 0.29) is 5.91 Å². The van der Waals surface area contributed by atoms with Crippen LogP contribution in [0.5, 0.6) is 0 Å². The van der Waals surface area contributed by atoms with Crippen LogP contribution in [0.3, 0.4) is 0 Å². The SMILES string of the molecule is Cc1cnc(NC(=O)CC2CCCC2)nc1. The van der Waals surface area contributed by atoms with E-state index in [9.17, 15) is 4.79 Å². The summed E-state index contributed by atoms with van der Waals surface area (Å²) in [6, 6.07) is 0. The predicted octanol–water partition coefficient (Wildman–Crippen LogP) is 2.30. The number of carbonyl (C=O) groups is 1. The van der Waals surface area contributed by atoms with E-state index in [0.29, 0.717) is 18.3 Å². The van der Waals surface area contributed by atoms with Gasteiger partial charge in [0.25, 0.3) is 0 Å².